The second-order valence-corrected chi connectivity index (χ2v) is 8.54. The van der Waals surface area contributed by atoms with Crippen LogP contribution in [0.4, 0.5) is 5.82 Å². The summed E-state index contributed by atoms with van der Waals surface area (Å²) in [6.45, 7) is 2.54. The molecule has 4 heterocycles. The van der Waals surface area contributed by atoms with Crippen LogP contribution in [0, 0.1) is 0 Å². The van der Waals surface area contributed by atoms with Crippen LogP contribution in [0.15, 0.2) is 42.6 Å². The molecule has 0 radical (unpaired) electrons. The van der Waals surface area contributed by atoms with Gasteiger partial charge in [0.1, 0.15) is 11.9 Å². The summed E-state index contributed by atoms with van der Waals surface area (Å²) in [7, 11) is 1.73. The molecule has 0 saturated carbocycles. The van der Waals surface area contributed by atoms with Crippen molar-refractivity contribution in [3.05, 3.63) is 59.5 Å². The molecule has 1 fully saturated rings. The van der Waals surface area contributed by atoms with Gasteiger partial charge in [0.15, 0.2) is 5.69 Å². The van der Waals surface area contributed by atoms with Gasteiger partial charge in [0.2, 0.25) is 0 Å². The van der Waals surface area contributed by atoms with Crippen LogP contribution in [0.25, 0.3) is 0 Å². The average Bonchev–Trinajstić information content (AvgIpc) is 3.47. The highest BCUT2D eigenvalue weighted by atomic mass is 16.5. The summed E-state index contributed by atoms with van der Waals surface area (Å²) >= 11 is 0. The number of hydrogen-bond acceptors (Lipinski definition) is 6. The zero-order valence-corrected chi connectivity index (χ0v) is 18.6. The minimum Gasteiger partial charge on any atom is -0.381 e. The molecule has 1 saturated heterocycles. The number of aromatic nitrogens is 5. The first-order valence-electron chi connectivity index (χ1n) is 11.3. The lowest BCUT2D eigenvalue weighted by molar-refractivity contribution is -0.120. The minimum atomic E-state index is -0.657. The number of nitrogens with zero attached hydrogens (tertiary/aromatic N) is 6. The monoisotopic (exact) mass is 449 g/mol. The van der Waals surface area contributed by atoms with E-state index in [0.717, 1.165) is 43.1 Å². The molecule has 5 rings (SSSR count). The van der Waals surface area contributed by atoms with Gasteiger partial charge in [0.25, 0.3) is 11.8 Å². The number of nitrogens with one attached hydrogen (secondary N) is 1. The first-order chi connectivity index (χ1) is 16.1. The molecule has 1 N–H and O–H groups in total. The van der Waals surface area contributed by atoms with E-state index in [1.165, 1.54) is 0 Å². The zero-order valence-electron chi connectivity index (χ0n) is 18.6. The lowest BCUT2D eigenvalue weighted by atomic mass is 9.97. The molecular formula is C23H27N7O3. The summed E-state index contributed by atoms with van der Waals surface area (Å²) in [5, 5.41) is 15.6. The number of benzene rings is 1. The number of amides is 2. The third-order valence-corrected chi connectivity index (χ3v) is 6.28. The van der Waals surface area contributed by atoms with Gasteiger partial charge in [-0.25, -0.2) is 9.36 Å². The van der Waals surface area contributed by atoms with Crippen LogP contribution in [0.2, 0.25) is 0 Å². The van der Waals surface area contributed by atoms with Crippen molar-refractivity contribution in [2.45, 2.75) is 44.3 Å². The number of rotatable bonds is 5. The molecule has 10 heteroatoms. The second-order valence-electron chi connectivity index (χ2n) is 8.54. The van der Waals surface area contributed by atoms with Crippen molar-refractivity contribution in [1.82, 2.24) is 30.1 Å². The molecule has 2 amide bonds. The van der Waals surface area contributed by atoms with E-state index < -0.39 is 11.9 Å². The predicted molar refractivity (Wildman–Crippen MR) is 120 cm³/mol. The Morgan fingerprint density at radius 3 is 2.76 bits per heavy atom. The molecule has 2 aliphatic heterocycles. The van der Waals surface area contributed by atoms with Gasteiger partial charge in [0.05, 0.1) is 18.4 Å². The Kier molecular flexibility index (Phi) is 5.91. The predicted octanol–water partition coefficient (Wildman–Crippen LogP) is 1.58. The number of hydrogen-bond donors (Lipinski definition) is 1. The molecule has 0 aliphatic carbocycles. The Bertz CT molecular complexity index is 1130. The molecule has 10 nitrogen and oxygen atoms in total. The summed E-state index contributed by atoms with van der Waals surface area (Å²) in [4.78, 5) is 27.5. The molecule has 1 atom stereocenters. The number of carbonyl (C=O) groups excluding carboxylic acids is 2. The molecule has 172 valence electrons. The van der Waals surface area contributed by atoms with E-state index >= 15 is 0 Å². The number of likely N-dealkylation sites (N-methyl/N-ethyl adjacent to an activating group) is 1. The smallest absolute Gasteiger partial charge is 0.274 e. The molecule has 0 bridgehead atoms. The molecule has 0 spiro atoms. The summed E-state index contributed by atoms with van der Waals surface area (Å²) < 4.78 is 8.93. The third-order valence-electron chi connectivity index (χ3n) is 6.28. The van der Waals surface area contributed by atoms with Crippen molar-refractivity contribution in [3.63, 3.8) is 0 Å². The molecule has 2 aliphatic rings. The normalized spacial score (nSPS) is 19.2. The molecule has 1 unspecified atom stereocenters. The fraction of sp³-hybridized carbons (Fsp3) is 0.435. The quantitative estimate of drug-likeness (QED) is 0.634. The summed E-state index contributed by atoms with van der Waals surface area (Å²) in [6.07, 6.45) is 3.93. The lowest BCUT2D eigenvalue weighted by Crippen LogP contribution is -2.46. The highest BCUT2D eigenvalue weighted by Gasteiger charge is 2.32. The molecule has 1 aromatic carbocycles. The van der Waals surface area contributed by atoms with Gasteiger partial charge >= 0.3 is 0 Å². The van der Waals surface area contributed by atoms with Gasteiger partial charge in [-0.1, -0.05) is 35.5 Å². The van der Waals surface area contributed by atoms with E-state index in [4.69, 9.17) is 9.84 Å². The number of fused-ring (bicyclic) bond motifs is 1. The standard InChI is InChI=1S/C23H27N7O3/c1-28-21-13-19(17-8-11-33-12-9-17)26-30(21)10-7-18(23(28)32)24-22(31)20-15-29(27-25-20)14-16-5-3-2-4-6-16/h2-6,13,15,17-18H,7-12,14H2,1H3,(H,24,31). The molecule has 33 heavy (non-hydrogen) atoms. The van der Waals surface area contributed by atoms with Crippen molar-refractivity contribution < 1.29 is 14.3 Å². The van der Waals surface area contributed by atoms with E-state index in [1.807, 2.05) is 41.1 Å². The summed E-state index contributed by atoms with van der Waals surface area (Å²) in [6, 6.07) is 11.2. The van der Waals surface area contributed by atoms with E-state index in [-0.39, 0.29) is 11.6 Å². The van der Waals surface area contributed by atoms with Gasteiger partial charge in [0, 0.05) is 38.8 Å². The number of anilines is 1. The third kappa shape index (κ3) is 4.51. The number of ether oxygens (including phenoxy) is 1. The maximum absolute atomic E-state index is 13.1. The lowest BCUT2D eigenvalue weighted by Gasteiger charge is -2.21. The first-order valence-corrected chi connectivity index (χ1v) is 11.3. The fourth-order valence-electron chi connectivity index (χ4n) is 4.39. The summed E-state index contributed by atoms with van der Waals surface area (Å²) in [5.74, 6) is 0.531. The van der Waals surface area contributed by atoms with E-state index in [9.17, 15) is 9.59 Å². The first kappa shape index (κ1) is 21.3. The SMILES string of the molecule is CN1C(=O)C(NC(=O)c2cn(Cc3ccccc3)nn2)CCn2nc(C3CCOCC3)cc21. The summed E-state index contributed by atoms with van der Waals surface area (Å²) in [5.41, 5.74) is 2.25. The maximum atomic E-state index is 13.1. The van der Waals surface area contributed by atoms with Crippen molar-refractivity contribution in [1.29, 1.82) is 0 Å². The highest BCUT2D eigenvalue weighted by Crippen LogP contribution is 2.30. The Balaban J connectivity index is 1.24. The van der Waals surface area contributed by atoms with E-state index in [0.29, 0.717) is 25.4 Å². The van der Waals surface area contributed by atoms with Crippen molar-refractivity contribution in [2.24, 2.45) is 0 Å². The van der Waals surface area contributed by atoms with Crippen LogP contribution in [-0.4, -0.2) is 62.9 Å². The fourth-order valence-corrected chi connectivity index (χ4v) is 4.39. The Hall–Kier alpha value is -3.53. The van der Waals surface area contributed by atoms with Crippen LogP contribution in [0.3, 0.4) is 0 Å². The maximum Gasteiger partial charge on any atom is 0.274 e. The highest BCUT2D eigenvalue weighted by molar-refractivity contribution is 6.01. The van der Waals surface area contributed by atoms with E-state index in [2.05, 4.69) is 15.6 Å². The molecule has 2 aromatic heterocycles. The molecule has 3 aromatic rings. The average molecular weight is 450 g/mol. The van der Waals surface area contributed by atoms with Crippen molar-refractivity contribution in [2.75, 3.05) is 25.2 Å². The van der Waals surface area contributed by atoms with Crippen LogP contribution in [-0.2, 0) is 22.6 Å². The van der Waals surface area contributed by atoms with Crippen LogP contribution >= 0.6 is 0 Å². The Labute approximate surface area is 191 Å². The van der Waals surface area contributed by atoms with Gasteiger partial charge in [-0.3, -0.25) is 14.5 Å². The number of carbonyl (C=O) groups is 2. The largest absolute Gasteiger partial charge is 0.381 e. The van der Waals surface area contributed by atoms with Crippen molar-refractivity contribution >= 4 is 17.6 Å². The van der Waals surface area contributed by atoms with Gasteiger partial charge in [-0.2, -0.15) is 5.10 Å². The van der Waals surface area contributed by atoms with Crippen LogP contribution < -0.4 is 10.2 Å². The van der Waals surface area contributed by atoms with Gasteiger partial charge in [-0.05, 0) is 24.8 Å². The van der Waals surface area contributed by atoms with Crippen LogP contribution in [0.1, 0.15) is 46.9 Å². The zero-order chi connectivity index (χ0) is 22.8. The minimum absolute atomic E-state index is 0.169. The van der Waals surface area contributed by atoms with Gasteiger partial charge in [-0.15, -0.1) is 5.10 Å². The topological polar surface area (TPSA) is 107 Å². The second kappa shape index (κ2) is 9.14. The number of aryl methyl sites for hydroxylation is 1. The Morgan fingerprint density at radius 1 is 1.18 bits per heavy atom. The Morgan fingerprint density at radius 2 is 1.97 bits per heavy atom. The van der Waals surface area contributed by atoms with Gasteiger partial charge < -0.3 is 10.1 Å². The van der Waals surface area contributed by atoms with Crippen molar-refractivity contribution in [3.8, 4) is 0 Å². The molecular weight excluding hydrogens is 422 g/mol. The van der Waals surface area contributed by atoms with E-state index in [1.54, 1.807) is 22.8 Å². The van der Waals surface area contributed by atoms with Crippen LogP contribution in [0.5, 0.6) is 0 Å².